The summed E-state index contributed by atoms with van der Waals surface area (Å²) in [5, 5.41) is 19.8. The number of carboxylic acid groups (broad SMARTS) is 1. The average Bonchev–Trinajstić information content (AvgIpc) is 3.11. The molecule has 2 N–H and O–H groups in total. The summed E-state index contributed by atoms with van der Waals surface area (Å²) in [5.74, 6) is -1.35. The van der Waals surface area contributed by atoms with Gasteiger partial charge >= 0.3 is 5.97 Å². The minimum absolute atomic E-state index is 0.126. The first-order valence-electron chi connectivity index (χ1n) is 10.1. The standard InChI is InChI=1S/C22H24N4O5S2/c1-4-18(20(27)23-16-9-7-15(8-10-16)21(28)29)32-22-25-24-19(26(22)3)13-33(30,31)17-11-5-14(2)6-12-17/h5-12,18H,4,13H2,1-3H3,(H,23,27)(H,28,29). The zero-order chi connectivity index (χ0) is 24.2. The Bertz CT molecular complexity index is 1250. The number of hydrogen-bond acceptors (Lipinski definition) is 7. The van der Waals surface area contributed by atoms with Crippen LogP contribution in [0.1, 0.15) is 35.1 Å². The molecule has 1 heterocycles. The molecule has 0 saturated heterocycles. The normalized spacial score (nSPS) is 12.3. The highest BCUT2D eigenvalue weighted by atomic mass is 32.2. The number of carboxylic acids is 1. The predicted octanol–water partition coefficient (Wildman–Crippen LogP) is 3.31. The number of aromatic nitrogens is 3. The maximum Gasteiger partial charge on any atom is 0.335 e. The number of sulfone groups is 1. The van der Waals surface area contributed by atoms with E-state index in [9.17, 15) is 18.0 Å². The van der Waals surface area contributed by atoms with Crippen LogP contribution in [0.2, 0.25) is 0 Å². The highest BCUT2D eigenvalue weighted by Crippen LogP contribution is 2.26. The van der Waals surface area contributed by atoms with Gasteiger partial charge in [-0.25, -0.2) is 13.2 Å². The third-order valence-electron chi connectivity index (χ3n) is 4.93. The topological polar surface area (TPSA) is 131 Å². The van der Waals surface area contributed by atoms with Crippen molar-refractivity contribution >= 4 is 39.2 Å². The summed E-state index contributed by atoms with van der Waals surface area (Å²) in [6.45, 7) is 3.73. The maximum atomic E-state index is 12.7. The van der Waals surface area contributed by atoms with Gasteiger partial charge in [-0.1, -0.05) is 36.4 Å². The van der Waals surface area contributed by atoms with Crippen LogP contribution in [0.5, 0.6) is 0 Å². The van der Waals surface area contributed by atoms with Crippen LogP contribution >= 0.6 is 11.8 Å². The van der Waals surface area contributed by atoms with Crippen LogP contribution in [0, 0.1) is 6.92 Å². The number of amides is 1. The number of nitrogens with one attached hydrogen (secondary N) is 1. The maximum absolute atomic E-state index is 12.7. The van der Waals surface area contributed by atoms with Crippen LogP contribution in [0.25, 0.3) is 0 Å². The largest absolute Gasteiger partial charge is 0.478 e. The second-order valence-corrected chi connectivity index (χ2v) is 10.6. The van der Waals surface area contributed by atoms with Crippen molar-refractivity contribution in [2.75, 3.05) is 5.32 Å². The second kappa shape index (κ2) is 10.2. The summed E-state index contributed by atoms with van der Waals surface area (Å²) in [5.41, 5.74) is 1.57. The molecular formula is C22H24N4O5S2. The third-order valence-corrected chi connectivity index (χ3v) is 7.96. The Morgan fingerprint density at radius 2 is 1.73 bits per heavy atom. The number of aromatic carboxylic acids is 1. The first-order chi connectivity index (χ1) is 15.6. The van der Waals surface area contributed by atoms with Crippen molar-refractivity contribution < 1.29 is 23.1 Å². The van der Waals surface area contributed by atoms with Crippen LogP contribution in [0.15, 0.2) is 58.6 Å². The molecule has 2 aromatic carbocycles. The molecule has 1 unspecified atom stereocenters. The molecule has 1 atom stereocenters. The minimum atomic E-state index is -3.59. The fraction of sp³-hybridized carbons (Fsp3) is 0.273. The summed E-state index contributed by atoms with van der Waals surface area (Å²) in [6.07, 6.45) is 0.494. The lowest BCUT2D eigenvalue weighted by Gasteiger charge is -2.14. The quantitative estimate of drug-likeness (QED) is 0.439. The van der Waals surface area contributed by atoms with E-state index >= 15 is 0 Å². The lowest BCUT2D eigenvalue weighted by atomic mass is 10.2. The number of thioether (sulfide) groups is 1. The Balaban J connectivity index is 1.70. The fourth-order valence-corrected chi connectivity index (χ4v) is 5.19. The van der Waals surface area contributed by atoms with Crippen molar-refractivity contribution in [3.8, 4) is 0 Å². The van der Waals surface area contributed by atoms with Gasteiger partial charge in [-0.3, -0.25) is 4.79 Å². The van der Waals surface area contributed by atoms with Crippen LogP contribution in [0.4, 0.5) is 5.69 Å². The Morgan fingerprint density at radius 1 is 1.09 bits per heavy atom. The van der Waals surface area contributed by atoms with E-state index in [1.54, 1.807) is 35.9 Å². The highest BCUT2D eigenvalue weighted by molar-refractivity contribution is 8.00. The summed E-state index contributed by atoms with van der Waals surface area (Å²) in [4.78, 5) is 23.9. The summed E-state index contributed by atoms with van der Waals surface area (Å²) < 4.78 is 27.1. The number of nitrogens with zero attached hydrogens (tertiary/aromatic N) is 3. The van der Waals surface area contributed by atoms with Crippen molar-refractivity contribution in [3.05, 3.63) is 65.5 Å². The average molecular weight is 489 g/mol. The zero-order valence-electron chi connectivity index (χ0n) is 18.3. The number of anilines is 1. The molecular weight excluding hydrogens is 464 g/mol. The van der Waals surface area contributed by atoms with E-state index in [2.05, 4.69) is 15.5 Å². The van der Waals surface area contributed by atoms with E-state index in [1.807, 2.05) is 13.8 Å². The predicted molar refractivity (Wildman–Crippen MR) is 125 cm³/mol. The summed E-state index contributed by atoms with van der Waals surface area (Å²) in [7, 11) is -1.93. The first-order valence-corrected chi connectivity index (χ1v) is 12.6. The molecule has 3 rings (SSSR count). The molecule has 11 heteroatoms. The van der Waals surface area contributed by atoms with Crippen LogP contribution in [-0.2, 0) is 27.4 Å². The van der Waals surface area contributed by atoms with Gasteiger partial charge in [0, 0.05) is 12.7 Å². The lowest BCUT2D eigenvalue weighted by Crippen LogP contribution is -2.25. The zero-order valence-corrected chi connectivity index (χ0v) is 20.0. The molecule has 0 fully saturated rings. The van der Waals surface area contributed by atoms with Crippen molar-refractivity contribution in [2.24, 2.45) is 7.05 Å². The first kappa shape index (κ1) is 24.5. The SMILES string of the molecule is CCC(Sc1nnc(CS(=O)(=O)c2ccc(C)cc2)n1C)C(=O)Nc1ccc(C(=O)O)cc1. The van der Waals surface area contributed by atoms with Gasteiger partial charge in [0.1, 0.15) is 11.6 Å². The van der Waals surface area contributed by atoms with E-state index < -0.39 is 21.1 Å². The molecule has 1 amide bonds. The second-order valence-electron chi connectivity index (χ2n) is 7.42. The Hall–Kier alpha value is -3.18. The van der Waals surface area contributed by atoms with Gasteiger partial charge < -0.3 is 15.0 Å². The molecule has 0 saturated carbocycles. The molecule has 0 aliphatic heterocycles. The van der Waals surface area contributed by atoms with E-state index in [-0.39, 0.29) is 27.9 Å². The number of carbonyl (C=O) groups is 2. The minimum Gasteiger partial charge on any atom is -0.478 e. The van der Waals surface area contributed by atoms with Gasteiger partial charge in [0.2, 0.25) is 5.91 Å². The lowest BCUT2D eigenvalue weighted by molar-refractivity contribution is -0.115. The van der Waals surface area contributed by atoms with Gasteiger partial charge in [-0.15, -0.1) is 10.2 Å². The Morgan fingerprint density at radius 3 is 2.30 bits per heavy atom. The van der Waals surface area contributed by atoms with E-state index in [0.29, 0.717) is 17.3 Å². The molecule has 174 valence electrons. The van der Waals surface area contributed by atoms with Gasteiger partial charge in [0.25, 0.3) is 0 Å². The molecule has 0 aliphatic rings. The molecule has 0 aliphatic carbocycles. The Labute approximate surface area is 196 Å². The number of aryl methyl sites for hydroxylation is 1. The van der Waals surface area contributed by atoms with Crippen molar-refractivity contribution in [2.45, 2.75) is 41.3 Å². The Kier molecular flexibility index (Phi) is 7.54. The van der Waals surface area contributed by atoms with Gasteiger partial charge in [0.15, 0.2) is 15.0 Å². The molecule has 0 radical (unpaired) electrons. The van der Waals surface area contributed by atoms with Crippen LogP contribution in [0.3, 0.4) is 0 Å². The number of rotatable bonds is 9. The monoisotopic (exact) mass is 488 g/mol. The highest BCUT2D eigenvalue weighted by Gasteiger charge is 2.24. The summed E-state index contributed by atoms with van der Waals surface area (Å²) >= 11 is 1.18. The van der Waals surface area contributed by atoms with E-state index in [1.165, 1.54) is 36.0 Å². The summed E-state index contributed by atoms with van der Waals surface area (Å²) in [6, 6.07) is 12.5. The van der Waals surface area contributed by atoms with Crippen molar-refractivity contribution in [1.29, 1.82) is 0 Å². The number of benzene rings is 2. The van der Waals surface area contributed by atoms with Crippen molar-refractivity contribution in [3.63, 3.8) is 0 Å². The van der Waals surface area contributed by atoms with Gasteiger partial charge in [0.05, 0.1) is 15.7 Å². The molecule has 0 bridgehead atoms. The van der Waals surface area contributed by atoms with E-state index in [4.69, 9.17) is 5.11 Å². The smallest absolute Gasteiger partial charge is 0.335 e. The van der Waals surface area contributed by atoms with Crippen LogP contribution < -0.4 is 5.32 Å². The molecule has 0 spiro atoms. The van der Waals surface area contributed by atoms with Gasteiger partial charge in [-0.2, -0.15) is 0 Å². The number of carbonyl (C=O) groups excluding carboxylic acids is 1. The fourth-order valence-electron chi connectivity index (χ4n) is 2.94. The number of hydrogen-bond donors (Lipinski definition) is 2. The molecule has 1 aromatic heterocycles. The van der Waals surface area contributed by atoms with E-state index in [0.717, 1.165) is 5.56 Å². The molecule has 33 heavy (non-hydrogen) atoms. The van der Waals surface area contributed by atoms with Crippen molar-refractivity contribution in [1.82, 2.24) is 14.8 Å². The third kappa shape index (κ3) is 5.99. The van der Waals surface area contributed by atoms with Gasteiger partial charge in [-0.05, 0) is 49.7 Å². The van der Waals surface area contributed by atoms with Crippen LogP contribution in [-0.4, -0.2) is 45.4 Å². The molecule has 3 aromatic rings. The molecule has 9 nitrogen and oxygen atoms in total.